The van der Waals surface area contributed by atoms with Gasteiger partial charge in [0, 0.05) is 18.2 Å². The lowest BCUT2D eigenvalue weighted by molar-refractivity contribution is -0.151. The Hall–Kier alpha value is -4.07. The zero-order valence-electron chi connectivity index (χ0n) is 25.3. The van der Waals surface area contributed by atoms with Gasteiger partial charge in [-0.15, -0.1) is 0 Å². The average molecular weight is 592 g/mol. The van der Waals surface area contributed by atoms with E-state index in [-0.39, 0.29) is 56.8 Å². The van der Waals surface area contributed by atoms with Crippen LogP contribution >= 0.6 is 0 Å². The lowest BCUT2D eigenvalue weighted by Gasteiger charge is -2.38. The minimum absolute atomic E-state index is 0.0865. The molecule has 1 heterocycles. The van der Waals surface area contributed by atoms with Crippen LogP contribution < -0.4 is 10.1 Å². The zero-order valence-corrected chi connectivity index (χ0v) is 25.3. The van der Waals surface area contributed by atoms with Crippen molar-refractivity contribution in [3.8, 4) is 17.6 Å². The summed E-state index contributed by atoms with van der Waals surface area (Å²) in [5.41, 5.74) is 1.50. The van der Waals surface area contributed by atoms with E-state index in [9.17, 15) is 19.5 Å². The summed E-state index contributed by atoms with van der Waals surface area (Å²) >= 11 is 0. The van der Waals surface area contributed by atoms with Crippen molar-refractivity contribution in [2.24, 2.45) is 0 Å². The largest absolute Gasteiger partial charge is 0.484 e. The van der Waals surface area contributed by atoms with Crippen LogP contribution in [0.5, 0.6) is 5.75 Å². The maximum Gasteiger partial charge on any atom is 0.410 e. The van der Waals surface area contributed by atoms with Gasteiger partial charge in [0.15, 0.2) is 12.7 Å². The summed E-state index contributed by atoms with van der Waals surface area (Å²) in [6, 6.07) is 14.4. The van der Waals surface area contributed by atoms with E-state index in [4.69, 9.17) is 14.2 Å². The van der Waals surface area contributed by atoms with Crippen molar-refractivity contribution in [2.75, 3.05) is 32.8 Å². The quantitative estimate of drug-likeness (QED) is 0.429. The Morgan fingerprint density at radius 1 is 1.16 bits per heavy atom. The molecule has 10 heteroatoms. The molecule has 2 aliphatic rings. The van der Waals surface area contributed by atoms with Gasteiger partial charge < -0.3 is 34.4 Å². The number of carbonyl (C=O) groups is 3. The van der Waals surface area contributed by atoms with Crippen LogP contribution in [-0.2, 0) is 25.7 Å². The molecule has 0 aromatic heterocycles. The highest BCUT2D eigenvalue weighted by molar-refractivity contribution is 5.83. The van der Waals surface area contributed by atoms with Gasteiger partial charge in [-0.2, -0.15) is 0 Å². The summed E-state index contributed by atoms with van der Waals surface area (Å²) in [5.74, 6) is 6.14. The first-order valence-electron chi connectivity index (χ1n) is 14.6. The number of carbonyl (C=O) groups excluding carboxylic acids is 3. The Labute approximate surface area is 253 Å². The number of nitrogens with zero attached hydrogens (tertiary/aromatic N) is 2. The van der Waals surface area contributed by atoms with Crippen molar-refractivity contribution in [2.45, 2.75) is 70.9 Å². The molecule has 43 heavy (non-hydrogen) atoms. The normalized spacial score (nSPS) is 17.2. The van der Waals surface area contributed by atoms with E-state index >= 15 is 0 Å². The molecular weight excluding hydrogens is 550 g/mol. The van der Waals surface area contributed by atoms with E-state index < -0.39 is 17.8 Å². The topological polar surface area (TPSA) is 118 Å². The SMILES string of the molecule is CC(c1ccc(CO)c(C#CCNC(=O)COc2ccccc2)c1)N(C(=O)[C@H]1CN(C(=O)OC(C)(C)C)CCO1)C1CC1. The standard InChI is InChI=1S/C33H41N3O7/c1-23(36(27-14-15-27)31(39)29-20-35(17-18-41-29)32(40)43-33(2,3)4)24-12-13-26(21-37)25(19-24)9-8-16-34-30(38)22-42-28-10-6-5-7-11-28/h5-7,10-13,19,23,27,29,37H,14-18,20-22H2,1-4H3,(H,34,38)/t23?,29-/m1/s1. The fourth-order valence-corrected chi connectivity index (χ4v) is 4.76. The predicted molar refractivity (Wildman–Crippen MR) is 160 cm³/mol. The second kappa shape index (κ2) is 14.4. The van der Waals surface area contributed by atoms with Crippen LogP contribution in [-0.4, -0.2) is 83.4 Å². The van der Waals surface area contributed by atoms with Gasteiger partial charge in [-0.1, -0.05) is 42.2 Å². The molecule has 1 aliphatic carbocycles. The number of aliphatic hydroxyl groups is 1. The molecule has 1 aliphatic heterocycles. The average Bonchev–Trinajstić information content (AvgIpc) is 3.83. The molecule has 2 aromatic rings. The summed E-state index contributed by atoms with van der Waals surface area (Å²) in [6.07, 6.45) is 0.554. The van der Waals surface area contributed by atoms with E-state index in [1.807, 2.05) is 62.9 Å². The second-order valence-corrected chi connectivity index (χ2v) is 11.7. The molecule has 1 unspecified atom stereocenters. The van der Waals surface area contributed by atoms with Gasteiger partial charge in [0.05, 0.1) is 32.3 Å². The summed E-state index contributed by atoms with van der Waals surface area (Å²) < 4.78 is 16.8. The Kier molecular flexibility index (Phi) is 10.7. The Bertz CT molecular complexity index is 1340. The second-order valence-electron chi connectivity index (χ2n) is 11.7. The summed E-state index contributed by atoms with van der Waals surface area (Å²) in [5, 5.41) is 12.6. The number of benzene rings is 2. The minimum atomic E-state index is -0.783. The number of hydrogen-bond acceptors (Lipinski definition) is 7. The highest BCUT2D eigenvalue weighted by Crippen LogP contribution is 2.36. The van der Waals surface area contributed by atoms with Crippen molar-refractivity contribution in [1.82, 2.24) is 15.1 Å². The van der Waals surface area contributed by atoms with Gasteiger partial charge in [0.2, 0.25) is 0 Å². The van der Waals surface area contributed by atoms with Gasteiger partial charge in [-0.25, -0.2) is 4.79 Å². The van der Waals surface area contributed by atoms with E-state index in [1.54, 1.807) is 18.2 Å². The highest BCUT2D eigenvalue weighted by atomic mass is 16.6. The predicted octanol–water partition coefficient (Wildman–Crippen LogP) is 3.41. The van der Waals surface area contributed by atoms with E-state index in [0.717, 1.165) is 18.4 Å². The Morgan fingerprint density at radius 2 is 1.91 bits per heavy atom. The van der Waals surface area contributed by atoms with Crippen molar-refractivity contribution >= 4 is 17.9 Å². The molecule has 0 bridgehead atoms. The molecule has 3 amide bonds. The number of morpholine rings is 1. The molecular formula is C33H41N3O7. The molecule has 2 atom stereocenters. The van der Waals surface area contributed by atoms with E-state index in [0.29, 0.717) is 23.4 Å². The molecule has 0 spiro atoms. The first kappa shape index (κ1) is 31.9. The van der Waals surface area contributed by atoms with Crippen LogP contribution in [0.3, 0.4) is 0 Å². The fourth-order valence-electron chi connectivity index (χ4n) is 4.76. The lowest BCUT2D eigenvalue weighted by atomic mass is 9.99. The van der Waals surface area contributed by atoms with Crippen LogP contribution in [0.1, 0.15) is 63.3 Å². The van der Waals surface area contributed by atoms with Crippen LogP contribution in [0.2, 0.25) is 0 Å². The van der Waals surface area contributed by atoms with Crippen molar-refractivity contribution in [3.63, 3.8) is 0 Å². The smallest absolute Gasteiger partial charge is 0.410 e. The number of para-hydroxylation sites is 1. The molecule has 4 rings (SSSR count). The lowest BCUT2D eigenvalue weighted by Crippen LogP contribution is -2.54. The minimum Gasteiger partial charge on any atom is -0.484 e. The number of hydrogen-bond donors (Lipinski definition) is 2. The third-order valence-electron chi connectivity index (χ3n) is 7.10. The Morgan fingerprint density at radius 3 is 2.58 bits per heavy atom. The first-order chi connectivity index (χ1) is 20.6. The fraction of sp³-hybridized carbons (Fsp3) is 0.485. The van der Waals surface area contributed by atoms with Gasteiger partial charge in [0.25, 0.3) is 11.8 Å². The molecule has 0 radical (unpaired) electrons. The Balaban J connectivity index is 1.40. The maximum atomic E-state index is 13.8. The highest BCUT2D eigenvalue weighted by Gasteiger charge is 2.42. The van der Waals surface area contributed by atoms with Crippen molar-refractivity contribution in [3.05, 3.63) is 65.2 Å². The monoisotopic (exact) mass is 591 g/mol. The van der Waals surface area contributed by atoms with E-state index in [1.165, 1.54) is 4.90 Å². The number of nitrogens with one attached hydrogen (secondary N) is 1. The van der Waals surface area contributed by atoms with Crippen molar-refractivity contribution in [1.29, 1.82) is 0 Å². The number of amides is 3. The summed E-state index contributed by atoms with van der Waals surface area (Å²) in [7, 11) is 0. The maximum absolute atomic E-state index is 13.8. The molecule has 2 N–H and O–H groups in total. The van der Waals surface area contributed by atoms with Gasteiger partial charge in [-0.05, 0) is 69.9 Å². The van der Waals surface area contributed by atoms with Gasteiger partial charge >= 0.3 is 6.09 Å². The summed E-state index contributed by atoms with van der Waals surface area (Å²) in [4.78, 5) is 41.9. The van der Waals surface area contributed by atoms with Crippen molar-refractivity contribution < 1.29 is 33.7 Å². The van der Waals surface area contributed by atoms with Crippen LogP contribution in [0, 0.1) is 11.8 Å². The number of ether oxygens (including phenoxy) is 3. The molecule has 2 fully saturated rings. The zero-order chi connectivity index (χ0) is 31.0. The third-order valence-corrected chi connectivity index (χ3v) is 7.10. The molecule has 10 nitrogen and oxygen atoms in total. The van der Waals surface area contributed by atoms with Crippen LogP contribution in [0.25, 0.3) is 0 Å². The van der Waals surface area contributed by atoms with Crippen LogP contribution in [0.4, 0.5) is 4.79 Å². The molecule has 2 aromatic carbocycles. The first-order valence-corrected chi connectivity index (χ1v) is 14.6. The number of aliphatic hydroxyl groups excluding tert-OH is 1. The molecule has 230 valence electrons. The van der Waals surface area contributed by atoms with Crippen LogP contribution in [0.15, 0.2) is 48.5 Å². The number of rotatable bonds is 9. The molecule has 1 saturated carbocycles. The van der Waals surface area contributed by atoms with Gasteiger partial charge in [-0.3, -0.25) is 9.59 Å². The molecule has 1 saturated heterocycles. The van der Waals surface area contributed by atoms with E-state index in [2.05, 4.69) is 17.2 Å². The third kappa shape index (κ3) is 9.21. The summed E-state index contributed by atoms with van der Waals surface area (Å²) in [6.45, 7) is 7.93. The van der Waals surface area contributed by atoms with Gasteiger partial charge in [0.1, 0.15) is 11.4 Å².